The molecule has 0 spiro atoms. The Morgan fingerprint density at radius 3 is 0.917 bits per heavy atom. The van der Waals surface area contributed by atoms with Gasteiger partial charge in [-0.3, -0.25) is 45.3 Å². The lowest BCUT2D eigenvalue weighted by Crippen LogP contribution is -2.42. The van der Waals surface area contributed by atoms with Crippen LogP contribution >= 0.6 is 0 Å². The van der Waals surface area contributed by atoms with Crippen LogP contribution < -0.4 is 64.5 Å². The van der Waals surface area contributed by atoms with Crippen molar-refractivity contribution in [2.45, 2.75) is 111 Å². The summed E-state index contributed by atoms with van der Waals surface area (Å²) in [6, 6.07) is 2.45. The lowest BCUT2D eigenvalue weighted by atomic mass is 9.88. The second-order valence-corrected chi connectivity index (χ2v) is 17.0. The number of hydrogen-bond donors (Lipinski definition) is 12. The van der Waals surface area contributed by atoms with Gasteiger partial charge in [0.05, 0.1) is 5.41 Å². The van der Waals surface area contributed by atoms with Gasteiger partial charge in [0.1, 0.15) is 19.8 Å². The molecule has 0 unspecified atom stereocenters. The molecule has 72 heavy (non-hydrogen) atoms. The first-order chi connectivity index (χ1) is 34.5. The molecule has 27 nitrogen and oxygen atoms in total. The van der Waals surface area contributed by atoms with Crippen LogP contribution in [0.4, 0.5) is 46.6 Å². The van der Waals surface area contributed by atoms with Crippen LogP contribution in [0.1, 0.15) is 107 Å². The zero-order valence-electron chi connectivity index (χ0n) is 41.5. The normalized spacial score (nSPS) is 10.8. The fraction of sp³-hybridized carbons (Fsp3) is 0.600. The predicted octanol–water partition coefficient (Wildman–Crippen LogP) is 3.88. The first kappa shape index (κ1) is 58.6. The Labute approximate surface area is 416 Å². The van der Waals surface area contributed by atoms with Gasteiger partial charge >= 0.3 is 36.4 Å². The van der Waals surface area contributed by atoms with E-state index < -0.39 is 41.8 Å². The van der Waals surface area contributed by atoms with Crippen LogP contribution in [0.15, 0.2) is 32.6 Å². The molecule has 3 aromatic rings. The van der Waals surface area contributed by atoms with Crippen LogP contribution in [0, 0.1) is 26.2 Å². The molecule has 398 valence electrons. The van der Waals surface area contributed by atoms with E-state index in [4.69, 9.17) is 14.2 Å². The number of alkyl carbamates (subject to hydrolysis) is 3. The second-order valence-electron chi connectivity index (χ2n) is 17.0. The van der Waals surface area contributed by atoms with Gasteiger partial charge in [0.15, 0.2) is 0 Å². The summed E-state index contributed by atoms with van der Waals surface area (Å²) in [5.41, 5.74) is -0.785. The Morgan fingerprint density at radius 1 is 0.431 bits per heavy atom. The number of aromatic nitrogens is 6. The topological polar surface area (TPSA) is 376 Å². The van der Waals surface area contributed by atoms with E-state index in [1.54, 1.807) is 27.7 Å². The third-order valence-corrected chi connectivity index (χ3v) is 10.6. The van der Waals surface area contributed by atoms with E-state index in [9.17, 15) is 43.2 Å². The number of nitrogens with one attached hydrogen (secondary N) is 12. The van der Waals surface area contributed by atoms with Gasteiger partial charge in [-0.1, -0.05) is 45.4 Å². The quantitative estimate of drug-likeness (QED) is 0.0321. The molecular weight excluding hydrogens is 943 g/mol. The van der Waals surface area contributed by atoms with Gasteiger partial charge < -0.3 is 46.1 Å². The van der Waals surface area contributed by atoms with E-state index in [1.807, 2.05) is 0 Å². The Bertz CT molecular complexity index is 2120. The minimum Gasteiger partial charge on any atom is -0.449 e. The van der Waals surface area contributed by atoms with Crippen molar-refractivity contribution in [2.75, 3.05) is 75.0 Å². The molecule has 0 radical (unpaired) electrons. The number of carbonyl (C=O) groups excluding carboxylic acids is 6. The predicted molar refractivity (Wildman–Crippen MR) is 266 cm³/mol. The third kappa shape index (κ3) is 26.3. The first-order valence-electron chi connectivity index (χ1n) is 24.1. The van der Waals surface area contributed by atoms with Crippen LogP contribution in [-0.4, -0.2) is 125 Å². The Hall–Kier alpha value is -7.74. The third-order valence-electron chi connectivity index (χ3n) is 10.6. The van der Waals surface area contributed by atoms with Crippen molar-refractivity contribution in [1.29, 1.82) is 0 Å². The number of unbranched alkanes of at least 4 members (excludes halogenated alkanes) is 9. The number of aromatic amines is 3. The molecular formula is C45H71N15O12. The molecule has 0 aliphatic carbocycles. The summed E-state index contributed by atoms with van der Waals surface area (Å²) in [4.78, 5) is 129. The SMILES string of the molecule is CCC(COC(=O)NCCCCCCNC(=O)Nc1nc(C)cc(=O)[nH]1)(COC(=O)NCCCCCCNC(=O)Nc1nc(C)cc(=O)[nH]1)COC(=O)NCCCCCCNC(=O)Nc1nc(C)cc(=O)[nH]1. The number of hydrogen-bond acceptors (Lipinski definition) is 15. The maximum absolute atomic E-state index is 12.8. The maximum atomic E-state index is 12.8. The fourth-order valence-corrected chi connectivity index (χ4v) is 6.60. The molecule has 9 amide bonds. The van der Waals surface area contributed by atoms with E-state index in [-0.39, 0.29) is 54.3 Å². The number of aryl methyl sites for hydroxylation is 3. The standard InChI is InChI=1S/C45H71N15O12/c1-5-45(27-70-42(67)49-21-15-9-6-12-18-46-39(64)58-36-52-30(2)24-33(61)55-36,28-71-43(68)50-22-16-10-7-13-19-47-40(65)59-37-53-31(3)25-34(62)56-37)29-72-44(69)51-23-17-11-8-14-20-48-41(66)60-38-54-32(4)26-35(63)57-38/h24-26H,5-23,27-29H2,1-4H3,(H,49,67)(H,50,68)(H,51,69)(H3,46,52,55,58,61,64)(H3,47,53,56,59,62,65)(H3,48,54,57,60,63,66). The summed E-state index contributed by atoms with van der Waals surface area (Å²) >= 11 is 0. The van der Waals surface area contributed by atoms with Gasteiger partial charge in [-0.25, -0.2) is 43.7 Å². The molecule has 0 aliphatic heterocycles. The van der Waals surface area contributed by atoms with E-state index in [2.05, 4.69) is 77.8 Å². The molecule has 0 aliphatic rings. The lowest BCUT2D eigenvalue weighted by molar-refractivity contribution is -0.0175. The summed E-state index contributed by atoms with van der Waals surface area (Å²) < 4.78 is 16.6. The smallest absolute Gasteiger partial charge is 0.407 e. The summed E-state index contributed by atoms with van der Waals surface area (Å²) in [5.74, 6) is 0.162. The summed E-state index contributed by atoms with van der Waals surface area (Å²) in [6.45, 7) is 8.14. The average molecular weight is 1010 g/mol. The summed E-state index contributed by atoms with van der Waals surface area (Å²) in [7, 11) is 0. The molecule has 0 atom stereocenters. The molecule has 12 N–H and O–H groups in total. The number of anilines is 3. The Balaban J connectivity index is 1.35. The van der Waals surface area contributed by atoms with Crippen molar-refractivity contribution in [3.05, 3.63) is 66.3 Å². The molecule has 0 bridgehead atoms. The molecule has 0 aromatic carbocycles. The van der Waals surface area contributed by atoms with Crippen LogP contribution in [0.25, 0.3) is 0 Å². The largest absolute Gasteiger partial charge is 0.449 e. The van der Waals surface area contributed by atoms with Crippen LogP contribution in [0.3, 0.4) is 0 Å². The van der Waals surface area contributed by atoms with Gasteiger partial charge in [0.2, 0.25) is 17.8 Å². The van der Waals surface area contributed by atoms with Gasteiger partial charge in [-0.15, -0.1) is 0 Å². The van der Waals surface area contributed by atoms with Crippen LogP contribution in [-0.2, 0) is 14.2 Å². The van der Waals surface area contributed by atoms with E-state index in [0.29, 0.717) is 101 Å². The van der Waals surface area contributed by atoms with E-state index in [0.717, 1.165) is 38.5 Å². The van der Waals surface area contributed by atoms with E-state index >= 15 is 0 Å². The molecule has 27 heteroatoms. The highest BCUT2D eigenvalue weighted by molar-refractivity contribution is 5.88. The average Bonchev–Trinajstić information content (AvgIpc) is 3.30. The highest BCUT2D eigenvalue weighted by Crippen LogP contribution is 2.24. The molecule has 0 saturated carbocycles. The fourth-order valence-electron chi connectivity index (χ4n) is 6.60. The van der Waals surface area contributed by atoms with Crippen molar-refractivity contribution < 1.29 is 43.0 Å². The van der Waals surface area contributed by atoms with Gasteiger partial charge in [0.25, 0.3) is 16.7 Å². The number of rotatable bonds is 31. The van der Waals surface area contributed by atoms with E-state index in [1.165, 1.54) is 18.2 Å². The minimum atomic E-state index is -1.08. The highest BCUT2D eigenvalue weighted by Gasteiger charge is 2.34. The van der Waals surface area contributed by atoms with Gasteiger partial charge in [-0.2, -0.15) is 0 Å². The van der Waals surface area contributed by atoms with Crippen LogP contribution in [0.5, 0.6) is 0 Å². The van der Waals surface area contributed by atoms with Crippen molar-refractivity contribution >= 4 is 54.2 Å². The number of ether oxygens (including phenoxy) is 3. The maximum Gasteiger partial charge on any atom is 0.407 e. The molecule has 0 saturated heterocycles. The van der Waals surface area contributed by atoms with Gasteiger partial charge in [0, 0.05) is 74.5 Å². The molecule has 0 fully saturated rings. The van der Waals surface area contributed by atoms with Crippen molar-refractivity contribution in [1.82, 2.24) is 61.8 Å². The number of H-pyrrole nitrogens is 3. The van der Waals surface area contributed by atoms with Crippen molar-refractivity contribution in [3.63, 3.8) is 0 Å². The van der Waals surface area contributed by atoms with Crippen LogP contribution in [0.2, 0.25) is 0 Å². The lowest BCUT2D eigenvalue weighted by Gasteiger charge is -2.31. The number of carbonyl (C=O) groups is 6. The zero-order valence-corrected chi connectivity index (χ0v) is 41.5. The number of nitrogens with zero attached hydrogens (tertiary/aromatic N) is 3. The first-order valence-corrected chi connectivity index (χ1v) is 24.1. The van der Waals surface area contributed by atoms with Gasteiger partial charge in [-0.05, 0) is 65.7 Å². The molecule has 3 aromatic heterocycles. The zero-order chi connectivity index (χ0) is 52.6. The molecule has 3 rings (SSSR count). The molecule has 3 heterocycles. The monoisotopic (exact) mass is 1010 g/mol. The second kappa shape index (κ2) is 33.0. The minimum absolute atomic E-state index is 0.0539. The highest BCUT2D eigenvalue weighted by atomic mass is 16.6. The number of urea groups is 3. The Kier molecular flexibility index (Phi) is 26.8. The van der Waals surface area contributed by atoms with Crippen molar-refractivity contribution in [3.8, 4) is 0 Å². The van der Waals surface area contributed by atoms with Crippen molar-refractivity contribution in [2.24, 2.45) is 5.41 Å². The summed E-state index contributed by atoms with van der Waals surface area (Å²) in [5, 5.41) is 23.7. The summed E-state index contributed by atoms with van der Waals surface area (Å²) in [6.07, 6.45) is 6.69. The Morgan fingerprint density at radius 2 is 0.681 bits per heavy atom. The number of amides is 9.